The summed E-state index contributed by atoms with van der Waals surface area (Å²) < 4.78 is 6.02. The van der Waals surface area contributed by atoms with Crippen molar-refractivity contribution in [2.24, 2.45) is 11.8 Å². The highest BCUT2D eigenvalue weighted by Crippen LogP contribution is 2.42. The molecule has 0 radical (unpaired) electrons. The summed E-state index contributed by atoms with van der Waals surface area (Å²) in [4.78, 5) is 2.33. The van der Waals surface area contributed by atoms with Crippen LogP contribution in [0.2, 0.25) is 0 Å². The molecule has 0 aromatic rings. The zero-order valence-corrected chi connectivity index (χ0v) is 13.2. The molecule has 0 aromatic heterocycles. The van der Waals surface area contributed by atoms with Crippen LogP contribution in [-0.4, -0.2) is 47.4 Å². The zero-order chi connectivity index (χ0) is 14.1. The summed E-state index contributed by atoms with van der Waals surface area (Å²) in [5, 5.41) is 10.4. The molecule has 1 fully saturated rings. The second-order valence-electron chi connectivity index (χ2n) is 7.09. The van der Waals surface area contributed by atoms with Crippen molar-refractivity contribution in [3.05, 3.63) is 0 Å². The Morgan fingerprint density at radius 1 is 1.22 bits per heavy atom. The van der Waals surface area contributed by atoms with Crippen LogP contribution in [0.5, 0.6) is 0 Å². The Balaban J connectivity index is 2.65. The minimum absolute atomic E-state index is 0.168. The molecular formula is C15H31NO2. The maximum Gasteiger partial charge on any atom is 0.0896 e. The van der Waals surface area contributed by atoms with Crippen molar-refractivity contribution in [2.45, 2.75) is 65.3 Å². The SMILES string of the molecule is CCC(C)CN(C)CC1C(O)C(C)(C)OC1(C)C. The average molecular weight is 257 g/mol. The molecule has 3 heteroatoms. The van der Waals surface area contributed by atoms with Gasteiger partial charge in [-0.15, -0.1) is 0 Å². The van der Waals surface area contributed by atoms with E-state index < -0.39 is 11.7 Å². The second-order valence-corrected chi connectivity index (χ2v) is 7.09. The Morgan fingerprint density at radius 2 is 1.78 bits per heavy atom. The highest BCUT2D eigenvalue weighted by atomic mass is 16.5. The molecule has 1 heterocycles. The number of hydrogen-bond acceptors (Lipinski definition) is 3. The van der Waals surface area contributed by atoms with Gasteiger partial charge in [-0.1, -0.05) is 20.3 Å². The standard InChI is InChI=1S/C15H31NO2/c1-8-11(2)9-16(7)10-12-13(17)15(5,6)18-14(12,3)4/h11-13,17H,8-10H2,1-7H3. The quantitative estimate of drug-likeness (QED) is 0.821. The maximum atomic E-state index is 10.4. The number of aliphatic hydroxyl groups is 1. The summed E-state index contributed by atoms with van der Waals surface area (Å²) in [6.45, 7) is 14.6. The van der Waals surface area contributed by atoms with E-state index in [0.29, 0.717) is 5.92 Å². The lowest BCUT2D eigenvalue weighted by Gasteiger charge is -2.31. The molecule has 1 saturated heterocycles. The molecule has 1 rings (SSSR count). The summed E-state index contributed by atoms with van der Waals surface area (Å²) in [6.07, 6.45) is 0.801. The number of hydrogen-bond donors (Lipinski definition) is 1. The molecule has 0 aromatic carbocycles. The molecule has 1 aliphatic heterocycles. The van der Waals surface area contributed by atoms with Gasteiger partial charge in [-0.25, -0.2) is 0 Å². The van der Waals surface area contributed by atoms with Gasteiger partial charge in [0.05, 0.1) is 17.3 Å². The van der Waals surface area contributed by atoms with Crippen molar-refractivity contribution in [1.82, 2.24) is 4.90 Å². The van der Waals surface area contributed by atoms with Gasteiger partial charge in [0.25, 0.3) is 0 Å². The minimum atomic E-state index is -0.439. The smallest absolute Gasteiger partial charge is 0.0896 e. The fourth-order valence-corrected chi connectivity index (χ4v) is 3.07. The van der Waals surface area contributed by atoms with Gasteiger partial charge in [0, 0.05) is 19.0 Å². The molecule has 3 unspecified atom stereocenters. The Morgan fingerprint density at radius 3 is 2.17 bits per heavy atom. The summed E-state index contributed by atoms with van der Waals surface area (Å²) in [6, 6.07) is 0. The first-order chi connectivity index (χ1) is 8.10. The maximum absolute atomic E-state index is 10.4. The van der Waals surface area contributed by atoms with Gasteiger partial charge in [0.1, 0.15) is 0 Å². The van der Waals surface area contributed by atoms with Gasteiger partial charge >= 0.3 is 0 Å². The number of rotatable bonds is 5. The Bertz CT molecular complexity index is 276. The molecule has 0 aliphatic carbocycles. The molecule has 3 nitrogen and oxygen atoms in total. The minimum Gasteiger partial charge on any atom is -0.390 e. The fourth-order valence-electron chi connectivity index (χ4n) is 3.07. The van der Waals surface area contributed by atoms with Crippen molar-refractivity contribution in [1.29, 1.82) is 0 Å². The lowest BCUT2D eigenvalue weighted by Crippen LogP contribution is -2.43. The van der Waals surface area contributed by atoms with Gasteiger partial charge in [-0.05, 0) is 40.7 Å². The monoisotopic (exact) mass is 257 g/mol. The summed E-state index contributed by atoms with van der Waals surface area (Å²) in [5.74, 6) is 0.868. The van der Waals surface area contributed by atoms with Gasteiger partial charge in [-0.3, -0.25) is 0 Å². The third-order valence-electron chi connectivity index (χ3n) is 4.34. The predicted octanol–water partition coefficient (Wildman–Crippen LogP) is 2.53. The van der Waals surface area contributed by atoms with Crippen LogP contribution in [0.1, 0.15) is 48.0 Å². The molecule has 0 amide bonds. The van der Waals surface area contributed by atoms with E-state index in [1.165, 1.54) is 6.42 Å². The molecule has 0 bridgehead atoms. The van der Waals surface area contributed by atoms with Crippen molar-refractivity contribution in [3.63, 3.8) is 0 Å². The van der Waals surface area contributed by atoms with Crippen LogP contribution in [0.25, 0.3) is 0 Å². The average Bonchev–Trinajstić information content (AvgIpc) is 2.36. The molecule has 108 valence electrons. The van der Waals surface area contributed by atoms with Crippen molar-refractivity contribution in [2.75, 3.05) is 20.1 Å². The predicted molar refractivity (Wildman–Crippen MR) is 75.7 cm³/mol. The largest absolute Gasteiger partial charge is 0.390 e. The summed E-state index contributed by atoms with van der Waals surface area (Å²) in [7, 11) is 2.14. The molecule has 0 spiro atoms. The van der Waals surface area contributed by atoms with Crippen LogP contribution >= 0.6 is 0 Å². The van der Waals surface area contributed by atoms with E-state index in [4.69, 9.17) is 4.74 Å². The van der Waals surface area contributed by atoms with E-state index in [9.17, 15) is 5.11 Å². The third-order valence-corrected chi connectivity index (χ3v) is 4.34. The number of nitrogens with zero attached hydrogens (tertiary/aromatic N) is 1. The number of ether oxygens (including phenoxy) is 1. The lowest BCUT2D eigenvalue weighted by atomic mass is 9.84. The second kappa shape index (κ2) is 5.48. The number of aliphatic hydroxyl groups excluding tert-OH is 1. The first-order valence-corrected chi connectivity index (χ1v) is 7.17. The third kappa shape index (κ3) is 3.46. The van der Waals surface area contributed by atoms with Crippen LogP contribution < -0.4 is 0 Å². The van der Waals surface area contributed by atoms with E-state index >= 15 is 0 Å². The van der Waals surface area contributed by atoms with E-state index in [1.54, 1.807) is 0 Å². The van der Waals surface area contributed by atoms with Gasteiger partial charge in [0.15, 0.2) is 0 Å². The van der Waals surface area contributed by atoms with E-state index in [1.807, 2.05) is 13.8 Å². The van der Waals surface area contributed by atoms with E-state index in [-0.39, 0.29) is 11.5 Å². The molecule has 3 atom stereocenters. The fraction of sp³-hybridized carbons (Fsp3) is 1.00. The van der Waals surface area contributed by atoms with Gasteiger partial charge < -0.3 is 14.7 Å². The van der Waals surface area contributed by atoms with Crippen LogP contribution in [0.4, 0.5) is 0 Å². The molecule has 1 N–H and O–H groups in total. The zero-order valence-electron chi connectivity index (χ0n) is 13.2. The normalized spacial score (nSPS) is 31.8. The van der Waals surface area contributed by atoms with Crippen LogP contribution in [0.3, 0.4) is 0 Å². The lowest BCUT2D eigenvalue weighted by molar-refractivity contribution is -0.0913. The first kappa shape index (κ1) is 15.9. The van der Waals surface area contributed by atoms with Crippen LogP contribution in [-0.2, 0) is 4.74 Å². The molecule has 0 saturated carbocycles. The summed E-state index contributed by atoms with van der Waals surface area (Å²) >= 11 is 0. The Kier molecular flexibility index (Phi) is 4.85. The van der Waals surface area contributed by atoms with Crippen LogP contribution in [0, 0.1) is 11.8 Å². The highest BCUT2D eigenvalue weighted by molar-refractivity contribution is 5.02. The van der Waals surface area contributed by atoms with Gasteiger partial charge in [0.2, 0.25) is 0 Å². The van der Waals surface area contributed by atoms with Crippen molar-refractivity contribution >= 4 is 0 Å². The molecule has 1 aliphatic rings. The van der Waals surface area contributed by atoms with Crippen molar-refractivity contribution < 1.29 is 9.84 Å². The Labute approximate surface area is 113 Å². The van der Waals surface area contributed by atoms with Crippen LogP contribution in [0.15, 0.2) is 0 Å². The topological polar surface area (TPSA) is 32.7 Å². The highest BCUT2D eigenvalue weighted by Gasteiger charge is 2.53. The Hall–Kier alpha value is -0.120. The molecule has 18 heavy (non-hydrogen) atoms. The summed E-state index contributed by atoms with van der Waals surface area (Å²) in [5.41, 5.74) is -0.696. The van der Waals surface area contributed by atoms with E-state index in [2.05, 4.69) is 39.6 Å². The molecular weight excluding hydrogens is 226 g/mol. The van der Waals surface area contributed by atoms with Gasteiger partial charge in [-0.2, -0.15) is 0 Å². The van der Waals surface area contributed by atoms with E-state index in [0.717, 1.165) is 13.1 Å². The first-order valence-electron chi connectivity index (χ1n) is 7.17. The van der Waals surface area contributed by atoms with Crippen molar-refractivity contribution in [3.8, 4) is 0 Å².